The maximum absolute atomic E-state index is 13.6. The number of ether oxygens (including phenoxy) is 1. The van der Waals surface area contributed by atoms with Crippen LogP contribution in [0.5, 0.6) is 0 Å². The molecule has 0 aromatic heterocycles. The van der Waals surface area contributed by atoms with E-state index >= 15 is 0 Å². The number of esters is 1. The van der Waals surface area contributed by atoms with E-state index in [1.165, 1.54) is 25.1 Å². The molecule has 0 aliphatic heterocycles. The fourth-order valence-corrected chi connectivity index (χ4v) is 3.98. The fourth-order valence-electron chi connectivity index (χ4n) is 3.79. The number of alkyl halides is 3. The molecule has 2 aromatic rings. The Morgan fingerprint density at radius 1 is 1.05 bits per heavy atom. The summed E-state index contributed by atoms with van der Waals surface area (Å²) in [5, 5.41) is 5.57. The second-order valence-electron chi connectivity index (χ2n) is 10.5. The summed E-state index contributed by atoms with van der Waals surface area (Å²) in [6, 6.07) is 4.50. The molecule has 0 spiro atoms. The molecule has 0 saturated carbocycles. The molecule has 4 amide bonds. The second-order valence-corrected chi connectivity index (χ2v) is 10.9. The molecule has 238 valence electrons. The first-order chi connectivity index (χ1) is 20.4. The van der Waals surface area contributed by atoms with Gasteiger partial charge in [-0.15, -0.1) is 0 Å². The van der Waals surface area contributed by atoms with Crippen LogP contribution in [-0.2, 0) is 30.1 Å². The number of carbonyl (C=O) groups is 5. The van der Waals surface area contributed by atoms with Gasteiger partial charge in [-0.3, -0.25) is 29.4 Å². The van der Waals surface area contributed by atoms with Gasteiger partial charge in [0, 0.05) is 5.56 Å². The normalized spacial score (nSPS) is 12.7. The van der Waals surface area contributed by atoms with Crippen molar-refractivity contribution in [2.75, 3.05) is 18.9 Å². The maximum Gasteiger partial charge on any atom is 0.416 e. The van der Waals surface area contributed by atoms with Gasteiger partial charge in [0.05, 0.1) is 22.9 Å². The minimum absolute atomic E-state index is 0.0334. The molecule has 2 aromatic carbocycles. The van der Waals surface area contributed by atoms with Crippen LogP contribution in [0.1, 0.15) is 55.2 Å². The van der Waals surface area contributed by atoms with Gasteiger partial charge in [-0.05, 0) is 54.3 Å². The largest absolute Gasteiger partial charge is 0.465 e. The van der Waals surface area contributed by atoms with Gasteiger partial charge in [0.2, 0.25) is 5.91 Å². The Kier molecular flexibility index (Phi) is 11.9. The van der Waals surface area contributed by atoms with Crippen molar-refractivity contribution in [2.45, 2.75) is 46.0 Å². The third-order valence-electron chi connectivity index (χ3n) is 6.04. The van der Waals surface area contributed by atoms with Crippen molar-refractivity contribution in [3.05, 3.63) is 76.8 Å². The summed E-state index contributed by atoms with van der Waals surface area (Å²) < 4.78 is 45.4. The van der Waals surface area contributed by atoms with Crippen molar-refractivity contribution in [2.24, 2.45) is 5.41 Å². The first kappa shape index (κ1) is 35.6. The van der Waals surface area contributed by atoms with Crippen LogP contribution in [0.25, 0.3) is 0 Å². The molecule has 0 aliphatic carbocycles. The highest BCUT2D eigenvalue weighted by molar-refractivity contribution is 6.33. The standard InChI is InChI=1S/C29H33ClF3N5O6/c1-6-21(39)38(15-22(40)44-7-2)37-26(42)23(16-9-8-10-18(13-16)29(31,32)33)35-27(43)24(28(3,4)5)36-25(41)17-11-12-20(34)19(30)14-17/h6,8-14,23-24H,1,7,15,34H2,2-5H3,(H,35,43)(H,36,41)(H,37,42)/t23-,24-/m1/s1. The molecule has 11 nitrogen and oxygen atoms in total. The topological polar surface area (TPSA) is 160 Å². The monoisotopic (exact) mass is 639 g/mol. The van der Waals surface area contributed by atoms with E-state index in [4.69, 9.17) is 22.1 Å². The van der Waals surface area contributed by atoms with Crippen molar-refractivity contribution in [1.82, 2.24) is 21.1 Å². The average Bonchev–Trinajstić information content (AvgIpc) is 2.94. The molecule has 0 fully saturated rings. The van der Waals surface area contributed by atoms with E-state index in [1.807, 2.05) is 0 Å². The minimum atomic E-state index is -4.79. The zero-order chi connectivity index (χ0) is 33.4. The lowest BCUT2D eigenvalue weighted by Gasteiger charge is -2.32. The third kappa shape index (κ3) is 9.73. The molecule has 0 heterocycles. The van der Waals surface area contributed by atoms with Crippen molar-refractivity contribution >= 4 is 46.9 Å². The molecule has 15 heteroatoms. The van der Waals surface area contributed by atoms with Crippen molar-refractivity contribution in [3.8, 4) is 0 Å². The van der Waals surface area contributed by atoms with Crippen molar-refractivity contribution < 1.29 is 41.9 Å². The Hall–Kier alpha value is -4.59. The highest BCUT2D eigenvalue weighted by Gasteiger charge is 2.37. The molecule has 2 atom stereocenters. The number of hydrogen-bond acceptors (Lipinski definition) is 7. The number of nitrogens with zero attached hydrogens (tertiary/aromatic N) is 1. The van der Waals surface area contributed by atoms with Crippen LogP contribution in [0.15, 0.2) is 55.1 Å². The average molecular weight is 640 g/mol. The Morgan fingerprint density at radius 2 is 1.70 bits per heavy atom. The predicted molar refractivity (Wildman–Crippen MR) is 156 cm³/mol. The number of hydrogen-bond donors (Lipinski definition) is 4. The first-order valence-electron chi connectivity index (χ1n) is 13.1. The van der Waals surface area contributed by atoms with E-state index in [9.17, 15) is 37.1 Å². The third-order valence-corrected chi connectivity index (χ3v) is 6.37. The molecule has 44 heavy (non-hydrogen) atoms. The lowest BCUT2D eigenvalue weighted by molar-refractivity contribution is -0.152. The Labute approximate surface area is 256 Å². The fraction of sp³-hybridized carbons (Fsp3) is 0.345. The van der Waals surface area contributed by atoms with Gasteiger partial charge in [-0.2, -0.15) is 13.2 Å². The van der Waals surface area contributed by atoms with E-state index in [-0.39, 0.29) is 28.4 Å². The van der Waals surface area contributed by atoms with Gasteiger partial charge in [-0.1, -0.05) is 51.1 Å². The zero-order valence-electron chi connectivity index (χ0n) is 24.4. The van der Waals surface area contributed by atoms with E-state index < -0.39 is 65.4 Å². The number of rotatable bonds is 10. The molecule has 0 radical (unpaired) electrons. The van der Waals surface area contributed by atoms with E-state index in [0.717, 1.165) is 24.3 Å². The van der Waals surface area contributed by atoms with Gasteiger partial charge in [0.1, 0.15) is 18.6 Å². The number of nitrogens with two attached hydrogens (primary N) is 1. The number of carbonyl (C=O) groups excluding carboxylic acids is 5. The summed E-state index contributed by atoms with van der Waals surface area (Å²) in [5.74, 6) is -4.69. The van der Waals surface area contributed by atoms with Gasteiger partial charge in [0.25, 0.3) is 17.7 Å². The molecular formula is C29H33ClF3N5O6. The number of hydrazine groups is 1. The molecule has 0 unspecified atom stereocenters. The number of nitrogen functional groups attached to an aromatic ring is 1. The van der Waals surface area contributed by atoms with Gasteiger partial charge in [0.15, 0.2) is 0 Å². The Balaban J connectivity index is 2.50. The van der Waals surface area contributed by atoms with Crippen LogP contribution in [0.2, 0.25) is 5.02 Å². The maximum atomic E-state index is 13.6. The highest BCUT2D eigenvalue weighted by Crippen LogP contribution is 2.31. The molecular weight excluding hydrogens is 607 g/mol. The van der Waals surface area contributed by atoms with Crippen LogP contribution in [0.4, 0.5) is 18.9 Å². The van der Waals surface area contributed by atoms with Gasteiger partial charge < -0.3 is 21.1 Å². The highest BCUT2D eigenvalue weighted by atomic mass is 35.5. The molecule has 2 rings (SSSR count). The number of halogens is 4. The summed E-state index contributed by atoms with van der Waals surface area (Å²) in [6.45, 7) is 8.84. The van der Waals surface area contributed by atoms with E-state index in [2.05, 4.69) is 22.6 Å². The number of nitrogens with one attached hydrogen (secondary N) is 3. The van der Waals surface area contributed by atoms with Crippen LogP contribution >= 0.6 is 11.6 Å². The van der Waals surface area contributed by atoms with Gasteiger partial charge >= 0.3 is 12.1 Å². The predicted octanol–water partition coefficient (Wildman–Crippen LogP) is 3.55. The van der Waals surface area contributed by atoms with Crippen LogP contribution in [0, 0.1) is 5.41 Å². The second kappa shape index (κ2) is 14.7. The van der Waals surface area contributed by atoms with Crippen LogP contribution < -0.4 is 21.8 Å². The van der Waals surface area contributed by atoms with Crippen LogP contribution in [0.3, 0.4) is 0 Å². The first-order valence-corrected chi connectivity index (χ1v) is 13.5. The van der Waals surface area contributed by atoms with E-state index in [1.54, 1.807) is 20.8 Å². The summed E-state index contributed by atoms with van der Waals surface area (Å²) in [5.41, 5.74) is 5.71. The van der Waals surface area contributed by atoms with Crippen molar-refractivity contribution in [3.63, 3.8) is 0 Å². The minimum Gasteiger partial charge on any atom is -0.465 e. The number of amides is 4. The summed E-state index contributed by atoms with van der Waals surface area (Å²) >= 11 is 6.01. The summed E-state index contributed by atoms with van der Waals surface area (Å²) in [7, 11) is 0. The van der Waals surface area contributed by atoms with Crippen molar-refractivity contribution in [1.29, 1.82) is 0 Å². The Morgan fingerprint density at radius 3 is 2.25 bits per heavy atom. The van der Waals surface area contributed by atoms with Gasteiger partial charge in [-0.25, -0.2) is 5.01 Å². The molecule has 5 N–H and O–H groups in total. The Bertz CT molecular complexity index is 1430. The smallest absolute Gasteiger partial charge is 0.416 e. The molecule has 0 bridgehead atoms. The lowest BCUT2D eigenvalue weighted by Crippen LogP contribution is -2.57. The van der Waals surface area contributed by atoms with Crippen LogP contribution in [-0.4, -0.2) is 53.8 Å². The zero-order valence-corrected chi connectivity index (χ0v) is 25.1. The number of benzene rings is 2. The molecule has 0 aliphatic rings. The quantitative estimate of drug-likeness (QED) is 0.134. The number of anilines is 1. The summed E-state index contributed by atoms with van der Waals surface area (Å²) in [4.78, 5) is 64.6. The van der Waals surface area contributed by atoms with E-state index in [0.29, 0.717) is 11.1 Å². The summed E-state index contributed by atoms with van der Waals surface area (Å²) in [6.07, 6.45) is -4.01. The SMILES string of the molecule is C=CC(=O)N(CC(=O)OCC)NC(=O)[C@H](NC(=O)[C@@H](NC(=O)c1ccc(N)c(Cl)c1)C(C)(C)C)c1cccc(C(F)(F)F)c1. The molecule has 0 saturated heterocycles. The lowest BCUT2D eigenvalue weighted by atomic mass is 9.85.